The number of aromatic nitrogens is 3. The Balaban J connectivity index is 1.57. The van der Waals surface area contributed by atoms with Crippen molar-refractivity contribution in [3.63, 3.8) is 0 Å². The lowest BCUT2D eigenvalue weighted by Crippen LogP contribution is -2.16. The van der Waals surface area contributed by atoms with E-state index in [1.807, 2.05) is 32.9 Å². The van der Waals surface area contributed by atoms with Crippen molar-refractivity contribution < 1.29 is 9.21 Å². The van der Waals surface area contributed by atoms with Crippen LogP contribution in [0.2, 0.25) is 0 Å². The number of rotatable bonds is 5. The fourth-order valence-electron chi connectivity index (χ4n) is 3.58. The fraction of sp³-hybridized carbons (Fsp3) is 0.286. The van der Waals surface area contributed by atoms with Gasteiger partial charge in [-0.1, -0.05) is 36.4 Å². The number of carbonyl (C=O) groups is 1. The summed E-state index contributed by atoms with van der Waals surface area (Å²) in [6.07, 6.45) is 2.43. The standard InChI is InChI=1S/C21H22N4O2S/c1-5-18-23-24-21(16-10-17-15(25(16)18)6-7-27-17)28-11-19(26)22-20-13(3)8-12(2)9-14(20)4/h6-10H,5,11H2,1-4H3,(H,22,26). The van der Waals surface area contributed by atoms with E-state index in [1.165, 1.54) is 17.3 Å². The van der Waals surface area contributed by atoms with Crippen molar-refractivity contribution >= 4 is 40.0 Å². The van der Waals surface area contributed by atoms with Crippen LogP contribution in [-0.2, 0) is 11.2 Å². The molecule has 28 heavy (non-hydrogen) atoms. The number of nitrogens with one attached hydrogen (secondary N) is 1. The van der Waals surface area contributed by atoms with Gasteiger partial charge < -0.3 is 9.73 Å². The minimum absolute atomic E-state index is 0.0604. The quantitative estimate of drug-likeness (QED) is 0.497. The predicted octanol–water partition coefficient (Wildman–Crippen LogP) is 4.69. The Morgan fingerprint density at radius 1 is 1.14 bits per heavy atom. The van der Waals surface area contributed by atoms with Crippen LogP contribution in [-0.4, -0.2) is 26.3 Å². The number of benzene rings is 1. The minimum atomic E-state index is -0.0604. The third-order valence-corrected chi connectivity index (χ3v) is 5.72. The topological polar surface area (TPSA) is 72.4 Å². The van der Waals surface area contributed by atoms with E-state index in [0.717, 1.165) is 50.7 Å². The second-order valence-electron chi connectivity index (χ2n) is 6.92. The minimum Gasteiger partial charge on any atom is -0.463 e. The summed E-state index contributed by atoms with van der Waals surface area (Å²) in [5, 5.41) is 12.4. The highest BCUT2D eigenvalue weighted by molar-refractivity contribution is 8.00. The molecule has 3 aromatic heterocycles. The molecule has 0 saturated heterocycles. The van der Waals surface area contributed by atoms with Crippen LogP contribution in [0, 0.1) is 20.8 Å². The van der Waals surface area contributed by atoms with E-state index in [2.05, 4.69) is 39.0 Å². The number of nitrogens with zero attached hydrogens (tertiary/aromatic N) is 3. The van der Waals surface area contributed by atoms with Gasteiger partial charge in [-0.05, 0) is 31.9 Å². The number of furan rings is 1. The summed E-state index contributed by atoms with van der Waals surface area (Å²) in [6, 6.07) is 8.03. The number of amides is 1. The van der Waals surface area contributed by atoms with Crippen molar-refractivity contribution in [2.24, 2.45) is 0 Å². The summed E-state index contributed by atoms with van der Waals surface area (Å²) in [5.74, 6) is 1.07. The smallest absolute Gasteiger partial charge is 0.234 e. The molecule has 0 aliphatic heterocycles. The van der Waals surface area contributed by atoms with Crippen molar-refractivity contribution in [1.82, 2.24) is 14.6 Å². The van der Waals surface area contributed by atoms with E-state index < -0.39 is 0 Å². The first kappa shape index (κ1) is 18.6. The van der Waals surface area contributed by atoms with Crippen LogP contribution in [0.25, 0.3) is 16.6 Å². The highest BCUT2D eigenvalue weighted by Crippen LogP contribution is 2.29. The average molecular weight is 395 g/mol. The fourth-order valence-corrected chi connectivity index (χ4v) is 4.31. The molecule has 144 valence electrons. The molecule has 4 rings (SSSR count). The van der Waals surface area contributed by atoms with Crippen molar-refractivity contribution in [2.45, 2.75) is 39.1 Å². The maximum absolute atomic E-state index is 12.6. The molecule has 0 bridgehead atoms. The first-order valence-electron chi connectivity index (χ1n) is 9.22. The second-order valence-corrected chi connectivity index (χ2v) is 7.88. The number of aryl methyl sites for hydroxylation is 4. The molecule has 0 aliphatic rings. The Labute approximate surface area is 167 Å². The summed E-state index contributed by atoms with van der Waals surface area (Å²) < 4.78 is 7.59. The van der Waals surface area contributed by atoms with Crippen molar-refractivity contribution in [2.75, 3.05) is 11.1 Å². The average Bonchev–Trinajstić information content (AvgIpc) is 3.24. The van der Waals surface area contributed by atoms with Gasteiger partial charge in [-0.15, -0.1) is 10.2 Å². The molecular weight excluding hydrogens is 372 g/mol. The Bertz CT molecular complexity index is 1170. The van der Waals surface area contributed by atoms with Gasteiger partial charge in [0.25, 0.3) is 0 Å². The van der Waals surface area contributed by atoms with E-state index in [0.29, 0.717) is 0 Å². The van der Waals surface area contributed by atoms with E-state index >= 15 is 0 Å². The molecule has 0 spiro atoms. The van der Waals surface area contributed by atoms with Gasteiger partial charge >= 0.3 is 0 Å². The van der Waals surface area contributed by atoms with Gasteiger partial charge in [0.15, 0.2) is 5.58 Å². The van der Waals surface area contributed by atoms with Crippen LogP contribution in [0.15, 0.2) is 40.0 Å². The number of carbonyl (C=O) groups excluding carboxylic acids is 1. The number of anilines is 1. The van der Waals surface area contributed by atoms with Gasteiger partial charge in [-0.2, -0.15) is 0 Å². The molecule has 4 aromatic rings. The molecule has 0 fully saturated rings. The van der Waals surface area contributed by atoms with E-state index in [4.69, 9.17) is 4.42 Å². The Kier molecular flexibility index (Phi) is 4.85. The van der Waals surface area contributed by atoms with E-state index in [-0.39, 0.29) is 11.7 Å². The highest BCUT2D eigenvalue weighted by atomic mass is 32.2. The van der Waals surface area contributed by atoms with Crippen molar-refractivity contribution in [3.05, 3.63) is 53.0 Å². The molecule has 0 unspecified atom stereocenters. The first-order chi connectivity index (χ1) is 13.5. The van der Waals surface area contributed by atoms with Crippen molar-refractivity contribution in [3.8, 4) is 0 Å². The van der Waals surface area contributed by atoms with Gasteiger partial charge in [0.1, 0.15) is 10.9 Å². The first-order valence-corrected chi connectivity index (χ1v) is 10.2. The Morgan fingerprint density at radius 2 is 1.89 bits per heavy atom. The molecular formula is C21H22N4O2S. The highest BCUT2D eigenvalue weighted by Gasteiger charge is 2.16. The Hall–Kier alpha value is -2.80. The van der Waals surface area contributed by atoms with Gasteiger partial charge in [0.05, 0.1) is 23.0 Å². The van der Waals surface area contributed by atoms with Crippen molar-refractivity contribution in [1.29, 1.82) is 0 Å². The zero-order valence-corrected chi connectivity index (χ0v) is 17.2. The predicted molar refractivity (Wildman–Crippen MR) is 112 cm³/mol. The van der Waals surface area contributed by atoms with Gasteiger partial charge in [0.2, 0.25) is 5.91 Å². The van der Waals surface area contributed by atoms with Crippen LogP contribution in [0.3, 0.4) is 0 Å². The third kappa shape index (κ3) is 3.26. The molecule has 0 saturated carbocycles. The lowest BCUT2D eigenvalue weighted by Gasteiger charge is -2.13. The molecule has 3 heterocycles. The summed E-state index contributed by atoms with van der Waals surface area (Å²) >= 11 is 1.38. The maximum atomic E-state index is 12.6. The lowest BCUT2D eigenvalue weighted by molar-refractivity contribution is -0.113. The second kappa shape index (κ2) is 7.31. The monoisotopic (exact) mass is 394 g/mol. The van der Waals surface area contributed by atoms with Crippen LogP contribution < -0.4 is 5.32 Å². The van der Waals surface area contributed by atoms with Crippen LogP contribution in [0.5, 0.6) is 0 Å². The number of hydrogen-bond acceptors (Lipinski definition) is 5. The number of thioether (sulfide) groups is 1. The summed E-state index contributed by atoms with van der Waals surface area (Å²) in [6.45, 7) is 8.12. The Morgan fingerprint density at radius 3 is 2.61 bits per heavy atom. The summed E-state index contributed by atoms with van der Waals surface area (Å²) in [5.41, 5.74) is 6.89. The maximum Gasteiger partial charge on any atom is 0.234 e. The normalized spacial score (nSPS) is 11.4. The molecule has 1 N–H and O–H groups in total. The van der Waals surface area contributed by atoms with Crippen LogP contribution in [0.1, 0.15) is 29.4 Å². The van der Waals surface area contributed by atoms with Crippen LogP contribution in [0.4, 0.5) is 5.69 Å². The van der Waals surface area contributed by atoms with Gasteiger partial charge in [-0.25, -0.2) is 0 Å². The van der Waals surface area contributed by atoms with Gasteiger partial charge in [-0.3, -0.25) is 9.20 Å². The SMILES string of the molecule is CCc1nnc(SCC(=O)Nc2c(C)cc(C)cc2C)c2cc3occc3n12. The van der Waals surface area contributed by atoms with Gasteiger partial charge in [0, 0.05) is 24.2 Å². The molecule has 1 aromatic carbocycles. The zero-order chi connectivity index (χ0) is 19.8. The zero-order valence-electron chi connectivity index (χ0n) is 16.4. The summed E-state index contributed by atoms with van der Waals surface area (Å²) in [7, 11) is 0. The van der Waals surface area contributed by atoms with E-state index in [9.17, 15) is 4.79 Å². The lowest BCUT2D eigenvalue weighted by atomic mass is 10.1. The summed E-state index contributed by atoms with van der Waals surface area (Å²) in [4.78, 5) is 12.6. The largest absolute Gasteiger partial charge is 0.463 e. The molecule has 0 atom stereocenters. The molecule has 0 aliphatic carbocycles. The molecule has 7 heteroatoms. The molecule has 1 amide bonds. The number of fused-ring (bicyclic) bond motifs is 3. The molecule has 6 nitrogen and oxygen atoms in total. The molecule has 0 radical (unpaired) electrons. The van der Waals surface area contributed by atoms with Crippen LogP contribution >= 0.6 is 11.8 Å². The number of hydrogen-bond donors (Lipinski definition) is 1. The third-order valence-electron chi connectivity index (χ3n) is 4.75. The van der Waals surface area contributed by atoms with E-state index in [1.54, 1.807) is 6.26 Å².